The Balaban J connectivity index is 1.53. The van der Waals surface area contributed by atoms with E-state index in [1.165, 1.54) is 19.3 Å². The van der Waals surface area contributed by atoms with Crippen LogP contribution in [0.3, 0.4) is 0 Å². The molecular formula is C19H23N3O. The molecule has 1 aromatic carbocycles. The number of carbonyl (C=O) groups is 1. The second-order valence-electron chi connectivity index (χ2n) is 6.77. The molecule has 0 unspecified atom stereocenters. The van der Waals surface area contributed by atoms with Crippen LogP contribution in [0.15, 0.2) is 36.5 Å². The van der Waals surface area contributed by atoms with Crippen LogP contribution in [-0.2, 0) is 0 Å². The zero-order valence-electron chi connectivity index (χ0n) is 13.4. The number of aromatic nitrogens is 1. The summed E-state index contributed by atoms with van der Waals surface area (Å²) in [7, 11) is 0. The molecule has 1 amide bonds. The van der Waals surface area contributed by atoms with Gasteiger partial charge in [-0.2, -0.15) is 0 Å². The van der Waals surface area contributed by atoms with Gasteiger partial charge in [0.05, 0.1) is 5.52 Å². The van der Waals surface area contributed by atoms with E-state index in [2.05, 4.69) is 10.3 Å². The highest BCUT2D eigenvalue weighted by Crippen LogP contribution is 2.26. The van der Waals surface area contributed by atoms with Crippen LogP contribution in [0.5, 0.6) is 0 Å². The van der Waals surface area contributed by atoms with Gasteiger partial charge in [-0.05, 0) is 56.0 Å². The van der Waals surface area contributed by atoms with Crippen LogP contribution in [-0.4, -0.2) is 41.5 Å². The predicted octanol–water partition coefficient (Wildman–Crippen LogP) is 2.84. The maximum Gasteiger partial charge on any atom is 0.253 e. The van der Waals surface area contributed by atoms with Crippen LogP contribution in [0.2, 0.25) is 0 Å². The standard InChI is InChI=1S/C19H23N3O/c23-19(15-6-7-17-14(12-15)5-3-10-21-17)22-11-8-18-16(13-22)4-1-2-9-20-18/h3,5-7,10,12,16,18,20H,1-2,4,8-9,11,13H2/t16-,18+/m0/s1. The highest BCUT2D eigenvalue weighted by atomic mass is 16.2. The molecule has 2 aliphatic rings. The number of rotatable bonds is 1. The van der Waals surface area contributed by atoms with Crippen molar-refractivity contribution >= 4 is 16.8 Å². The van der Waals surface area contributed by atoms with Crippen LogP contribution in [0.1, 0.15) is 36.0 Å². The maximum absolute atomic E-state index is 12.9. The molecule has 2 saturated heterocycles. The van der Waals surface area contributed by atoms with Crippen LogP contribution >= 0.6 is 0 Å². The van der Waals surface area contributed by atoms with E-state index in [1.807, 2.05) is 35.2 Å². The second-order valence-corrected chi connectivity index (χ2v) is 6.77. The molecule has 0 aliphatic carbocycles. The highest BCUT2D eigenvalue weighted by molar-refractivity contribution is 5.98. The third-order valence-electron chi connectivity index (χ3n) is 5.28. The van der Waals surface area contributed by atoms with Gasteiger partial charge in [-0.1, -0.05) is 12.5 Å². The van der Waals surface area contributed by atoms with Crippen LogP contribution in [0.4, 0.5) is 0 Å². The SMILES string of the molecule is O=C(c1ccc2ncccc2c1)N1CC[C@H]2NCCCC[C@H]2C1. The summed E-state index contributed by atoms with van der Waals surface area (Å²) in [6.07, 6.45) is 6.64. The van der Waals surface area contributed by atoms with Crippen molar-refractivity contribution in [3.05, 3.63) is 42.1 Å². The molecule has 4 rings (SSSR count). The average molecular weight is 309 g/mol. The third kappa shape index (κ3) is 2.95. The van der Waals surface area contributed by atoms with Gasteiger partial charge in [0, 0.05) is 36.3 Å². The number of nitrogens with zero attached hydrogens (tertiary/aromatic N) is 2. The van der Waals surface area contributed by atoms with Gasteiger partial charge in [0.25, 0.3) is 5.91 Å². The van der Waals surface area contributed by atoms with Gasteiger partial charge < -0.3 is 10.2 Å². The molecule has 1 aromatic heterocycles. The zero-order valence-corrected chi connectivity index (χ0v) is 13.4. The third-order valence-corrected chi connectivity index (χ3v) is 5.28. The fourth-order valence-corrected chi connectivity index (χ4v) is 3.99. The summed E-state index contributed by atoms with van der Waals surface area (Å²) in [4.78, 5) is 19.3. The summed E-state index contributed by atoms with van der Waals surface area (Å²) in [5.74, 6) is 0.774. The van der Waals surface area contributed by atoms with Crippen molar-refractivity contribution in [3.8, 4) is 0 Å². The van der Waals surface area contributed by atoms with E-state index < -0.39 is 0 Å². The molecule has 2 aromatic rings. The van der Waals surface area contributed by atoms with Crippen molar-refractivity contribution in [2.24, 2.45) is 5.92 Å². The molecular weight excluding hydrogens is 286 g/mol. The Hall–Kier alpha value is -1.94. The van der Waals surface area contributed by atoms with Gasteiger partial charge in [-0.15, -0.1) is 0 Å². The Morgan fingerprint density at radius 3 is 3.13 bits per heavy atom. The molecule has 4 nitrogen and oxygen atoms in total. The first-order valence-corrected chi connectivity index (χ1v) is 8.69. The molecule has 2 aliphatic heterocycles. The van der Waals surface area contributed by atoms with Crippen molar-refractivity contribution < 1.29 is 4.79 Å². The first-order chi connectivity index (χ1) is 11.3. The van der Waals surface area contributed by atoms with E-state index >= 15 is 0 Å². The van der Waals surface area contributed by atoms with Gasteiger partial charge in [0.2, 0.25) is 0 Å². The number of hydrogen-bond acceptors (Lipinski definition) is 3. The minimum atomic E-state index is 0.165. The van der Waals surface area contributed by atoms with Gasteiger partial charge in [0.1, 0.15) is 0 Å². The number of pyridine rings is 1. The Kier molecular flexibility index (Phi) is 4.00. The van der Waals surface area contributed by atoms with Crippen LogP contribution in [0, 0.1) is 5.92 Å². The topological polar surface area (TPSA) is 45.2 Å². The maximum atomic E-state index is 12.9. The monoisotopic (exact) mass is 309 g/mol. The quantitative estimate of drug-likeness (QED) is 0.881. The van der Waals surface area contributed by atoms with Crippen molar-refractivity contribution in [2.45, 2.75) is 31.7 Å². The molecule has 0 bridgehead atoms. The Bertz CT molecular complexity index is 715. The lowest BCUT2D eigenvalue weighted by atomic mass is 9.89. The van der Waals surface area contributed by atoms with Gasteiger partial charge in [-0.3, -0.25) is 9.78 Å². The molecule has 2 atom stereocenters. The van der Waals surface area contributed by atoms with Crippen molar-refractivity contribution in [1.82, 2.24) is 15.2 Å². The largest absolute Gasteiger partial charge is 0.338 e. The predicted molar refractivity (Wildman–Crippen MR) is 91.4 cm³/mol. The summed E-state index contributed by atoms with van der Waals surface area (Å²) >= 11 is 0. The fourth-order valence-electron chi connectivity index (χ4n) is 3.99. The lowest BCUT2D eigenvalue weighted by Crippen LogP contribution is -2.50. The molecule has 0 saturated carbocycles. The number of benzene rings is 1. The average Bonchev–Trinajstić information content (AvgIpc) is 2.85. The second kappa shape index (κ2) is 6.28. The summed E-state index contributed by atoms with van der Waals surface area (Å²) in [5, 5.41) is 4.69. The van der Waals surface area contributed by atoms with Gasteiger partial charge >= 0.3 is 0 Å². The number of hydrogen-bond donors (Lipinski definition) is 1. The van der Waals surface area contributed by atoms with Crippen molar-refractivity contribution in [1.29, 1.82) is 0 Å². The zero-order chi connectivity index (χ0) is 15.6. The number of nitrogens with one attached hydrogen (secondary N) is 1. The van der Waals surface area contributed by atoms with E-state index in [9.17, 15) is 4.79 Å². The van der Waals surface area contributed by atoms with E-state index in [0.717, 1.165) is 42.5 Å². The molecule has 0 radical (unpaired) electrons. The minimum absolute atomic E-state index is 0.165. The molecule has 4 heteroatoms. The lowest BCUT2D eigenvalue weighted by molar-refractivity contribution is 0.0632. The molecule has 23 heavy (non-hydrogen) atoms. The fraction of sp³-hybridized carbons (Fsp3) is 0.474. The van der Waals surface area contributed by atoms with E-state index in [1.54, 1.807) is 6.20 Å². The number of likely N-dealkylation sites (tertiary alicyclic amines) is 1. The van der Waals surface area contributed by atoms with Crippen molar-refractivity contribution in [3.63, 3.8) is 0 Å². The first-order valence-electron chi connectivity index (χ1n) is 8.69. The lowest BCUT2D eigenvalue weighted by Gasteiger charge is -2.38. The van der Waals surface area contributed by atoms with Crippen molar-refractivity contribution in [2.75, 3.05) is 19.6 Å². The Morgan fingerprint density at radius 1 is 1.22 bits per heavy atom. The Labute approximate surface area is 136 Å². The van der Waals surface area contributed by atoms with E-state index in [0.29, 0.717) is 12.0 Å². The Morgan fingerprint density at radius 2 is 2.17 bits per heavy atom. The number of carbonyl (C=O) groups excluding carboxylic acids is 1. The minimum Gasteiger partial charge on any atom is -0.338 e. The molecule has 120 valence electrons. The smallest absolute Gasteiger partial charge is 0.253 e. The van der Waals surface area contributed by atoms with E-state index in [4.69, 9.17) is 0 Å². The normalized spacial score (nSPS) is 25.0. The molecule has 3 heterocycles. The summed E-state index contributed by atoms with van der Waals surface area (Å²) in [5.41, 5.74) is 1.72. The summed E-state index contributed by atoms with van der Waals surface area (Å²) in [6, 6.07) is 10.4. The molecule has 0 spiro atoms. The summed E-state index contributed by atoms with van der Waals surface area (Å²) in [6.45, 7) is 2.88. The van der Waals surface area contributed by atoms with Crippen LogP contribution < -0.4 is 5.32 Å². The number of piperidine rings is 1. The van der Waals surface area contributed by atoms with E-state index in [-0.39, 0.29) is 5.91 Å². The molecule has 1 N–H and O–H groups in total. The number of fused-ring (bicyclic) bond motifs is 2. The van der Waals surface area contributed by atoms with Crippen LogP contribution in [0.25, 0.3) is 10.9 Å². The summed E-state index contributed by atoms with van der Waals surface area (Å²) < 4.78 is 0. The van der Waals surface area contributed by atoms with Gasteiger partial charge in [-0.25, -0.2) is 0 Å². The molecule has 2 fully saturated rings. The number of amides is 1. The first kappa shape index (κ1) is 14.6. The highest BCUT2D eigenvalue weighted by Gasteiger charge is 2.32. The van der Waals surface area contributed by atoms with Gasteiger partial charge in [0.15, 0.2) is 0 Å².